The molecule has 0 aliphatic heterocycles. The van der Waals surface area contributed by atoms with Crippen LogP contribution in [-0.4, -0.2) is 37.2 Å². The number of carbonyl (C=O) groups excluding carboxylic acids is 2. The summed E-state index contributed by atoms with van der Waals surface area (Å²) in [5, 5.41) is 11.6. The van der Waals surface area contributed by atoms with Gasteiger partial charge in [0.25, 0.3) is 0 Å². The molecule has 0 saturated carbocycles. The van der Waals surface area contributed by atoms with E-state index in [9.17, 15) is 9.59 Å². The Kier molecular flexibility index (Phi) is 7.35. The molecule has 4 aromatic rings. The predicted molar refractivity (Wildman–Crippen MR) is 137 cm³/mol. The third kappa shape index (κ3) is 5.71. The maximum absolute atomic E-state index is 15.1. The number of hydrogen-bond donors (Lipinski definition) is 1. The van der Waals surface area contributed by atoms with Crippen LogP contribution in [0.5, 0.6) is 0 Å². The quantitative estimate of drug-likeness (QED) is 0.385. The van der Waals surface area contributed by atoms with E-state index in [0.717, 1.165) is 0 Å². The first-order chi connectivity index (χ1) is 17.1. The van der Waals surface area contributed by atoms with Gasteiger partial charge in [0.1, 0.15) is 23.9 Å². The number of aromatic nitrogens is 3. The summed E-state index contributed by atoms with van der Waals surface area (Å²) in [6.07, 6.45) is 0. The Bertz CT molecular complexity index is 1400. The second kappa shape index (κ2) is 10.5. The highest BCUT2D eigenvalue weighted by atomic mass is 35.5. The van der Waals surface area contributed by atoms with Gasteiger partial charge in [-0.25, -0.2) is 9.07 Å². The molecule has 0 saturated heterocycles. The minimum atomic E-state index is -1.25. The molecule has 2 amide bonds. The lowest BCUT2D eigenvalue weighted by Gasteiger charge is -2.34. The first-order valence-corrected chi connectivity index (χ1v) is 11.9. The van der Waals surface area contributed by atoms with Gasteiger partial charge in [0.15, 0.2) is 0 Å². The fourth-order valence-corrected chi connectivity index (χ4v) is 4.17. The standard InChI is InChI=1S/C27H27ClFN5O2/c1-27(2,3)30-26(36)25(19-11-5-7-13-21(19)29)33(16-18-10-4-6-12-20(18)28)24(35)17-34-23-15-9-8-14-22(23)31-32-34/h4-15,25H,16-17H2,1-3H3,(H,30,36)/t25-/m0/s1. The van der Waals surface area contributed by atoms with Crippen LogP contribution < -0.4 is 5.32 Å². The summed E-state index contributed by atoms with van der Waals surface area (Å²) in [4.78, 5) is 28.8. The summed E-state index contributed by atoms with van der Waals surface area (Å²) in [5.41, 5.74) is 1.41. The first-order valence-electron chi connectivity index (χ1n) is 11.5. The largest absolute Gasteiger partial charge is 0.349 e. The fourth-order valence-electron chi connectivity index (χ4n) is 3.97. The lowest BCUT2D eigenvalue weighted by Crippen LogP contribution is -2.50. The minimum Gasteiger partial charge on any atom is -0.349 e. The molecule has 0 unspecified atom stereocenters. The SMILES string of the molecule is CC(C)(C)NC(=O)[C@H](c1ccccc1F)N(Cc1ccccc1Cl)C(=O)Cn1nnc2ccccc21. The maximum Gasteiger partial charge on any atom is 0.247 e. The molecule has 1 atom stereocenters. The van der Waals surface area contributed by atoms with Crippen LogP contribution in [0, 0.1) is 5.82 Å². The predicted octanol–water partition coefficient (Wildman–Crippen LogP) is 4.91. The molecule has 186 valence electrons. The molecule has 0 aliphatic rings. The van der Waals surface area contributed by atoms with Crippen molar-refractivity contribution in [2.24, 2.45) is 0 Å². The van der Waals surface area contributed by atoms with Gasteiger partial charge in [0.2, 0.25) is 11.8 Å². The Hall–Kier alpha value is -3.78. The molecule has 7 nitrogen and oxygen atoms in total. The monoisotopic (exact) mass is 507 g/mol. The third-order valence-electron chi connectivity index (χ3n) is 5.58. The number of amides is 2. The zero-order chi connectivity index (χ0) is 25.9. The van der Waals surface area contributed by atoms with Crippen molar-refractivity contribution in [3.8, 4) is 0 Å². The number of nitrogens with one attached hydrogen (secondary N) is 1. The number of rotatable bonds is 7. The Morgan fingerprint density at radius 2 is 1.69 bits per heavy atom. The summed E-state index contributed by atoms with van der Waals surface area (Å²) in [6, 6.07) is 19.0. The molecule has 3 aromatic carbocycles. The van der Waals surface area contributed by atoms with Gasteiger partial charge < -0.3 is 10.2 Å². The highest BCUT2D eigenvalue weighted by Gasteiger charge is 2.35. The number of carbonyl (C=O) groups is 2. The van der Waals surface area contributed by atoms with Crippen molar-refractivity contribution in [3.63, 3.8) is 0 Å². The number of para-hydroxylation sites is 1. The van der Waals surface area contributed by atoms with Gasteiger partial charge in [0, 0.05) is 22.7 Å². The van der Waals surface area contributed by atoms with E-state index in [4.69, 9.17) is 11.6 Å². The Labute approximate surface area is 213 Å². The summed E-state index contributed by atoms with van der Waals surface area (Å²) < 4.78 is 16.6. The van der Waals surface area contributed by atoms with Crippen LogP contribution in [0.25, 0.3) is 11.0 Å². The van der Waals surface area contributed by atoms with E-state index in [1.54, 1.807) is 42.5 Å². The van der Waals surface area contributed by atoms with Crippen LogP contribution in [0.1, 0.15) is 37.9 Å². The normalized spacial score (nSPS) is 12.4. The average molecular weight is 508 g/mol. The van der Waals surface area contributed by atoms with Crippen molar-refractivity contribution < 1.29 is 14.0 Å². The van der Waals surface area contributed by atoms with Gasteiger partial charge >= 0.3 is 0 Å². The van der Waals surface area contributed by atoms with Gasteiger partial charge in [-0.15, -0.1) is 5.10 Å². The lowest BCUT2D eigenvalue weighted by atomic mass is 10.00. The summed E-state index contributed by atoms with van der Waals surface area (Å²) in [6.45, 7) is 5.27. The number of benzene rings is 3. The van der Waals surface area contributed by atoms with Crippen molar-refractivity contribution >= 4 is 34.4 Å². The van der Waals surface area contributed by atoms with Crippen LogP contribution in [0.2, 0.25) is 5.02 Å². The van der Waals surface area contributed by atoms with Crippen molar-refractivity contribution in [1.82, 2.24) is 25.2 Å². The highest BCUT2D eigenvalue weighted by Crippen LogP contribution is 2.29. The van der Waals surface area contributed by atoms with E-state index in [1.165, 1.54) is 21.7 Å². The zero-order valence-electron chi connectivity index (χ0n) is 20.3. The van der Waals surface area contributed by atoms with Crippen LogP contribution in [-0.2, 0) is 22.7 Å². The Morgan fingerprint density at radius 1 is 1.03 bits per heavy atom. The smallest absolute Gasteiger partial charge is 0.247 e. The molecule has 0 fully saturated rings. The van der Waals surface area contributed by atoms with Crippen LogP contribution in [0.3, 0.4) is 0 Å². The summed E-state index contributed by atoms with van der Waals surface area (Å²) in [7, 11) is 0. The lowest BCUT2D eigenvalue weighted by molar-refractivity contribution is -0.143. The zero-order valence-corrected chi connectivity index (χ0v) is 21.0. The van der Waals surface area contributed by atoms with E-state index >= 15 is 4.39 Å². The Morgan fingerprint density at radius 3 is 2.42 bits per heavy atom. The highest BCUT2D eigenvalue weighted by molar-refractivity contribution is 6.31. The number of nitrogens with zero attached hydrogens (tertiary/aromatic N) is 4. The van der Waals surface area contributed by atoms with E-state index in [0.29, 0.717) is 21.6 Å². The molecule has 36 heavy (non-hydrogen) atoms. The van der Waals surface area contributed by atoms with Gasteiger partial charge in [-0.2, -0.15) is 0 Å². The molecule has 1 heterocycles. The molecule has 0 radical (unpaired) electrons. The summed E-state index contributed by atoms with van der Waals surface area (Å²) >= 11 is 6.42. The van der Waals surface area contributed by atoms with E-state index in [2.05, 4.69) is 15.6 Å². The Balaban J connectivity index is 1.80. The number of fused-ring (bicyclic) bond motifs is 1. The van der Waals surface area contributed by atoms with Crippen molar-refractivity contribution in [2.45, 2.75) is 45.4 Å². The molecule has 0 spiro atoms. The van der Waals surface area contributed by atoms with Crippen molar-refractivity contribution in [3.05, 3.63) is 94.8 Å². The van der Waals surface area contributed by atoms with Crippen molar-refractivity contribution in [2.75, 3.05) is 0 Å². The van der Waals surface area contributed by atoms with Crippen LogP contribution in [0.4, 0.5) is 4.39 Å². The molecule has 0 aliphatic carbocycles. The van der Waals surface area contributed by atoms with Crippen LogP contribution >= 0.6 is 11.6 Å². The van der Waals surface area contributed by atoms with Gasteiger partial charge in [-0.05, 0) is 50.6 Å². The van der Waals surface area contributed by atoms with E-state index in [1.807, 2.05) is 39.0 Å². The van der Waals surface area contributed by atoms with Gasteiger partial charge in [-0.1, -0.05) is 65.3 Å². The first kappa shape index (κ1) is 25.3. The topological polar surface area (TPSA) is 80.1 Å². The van der Waals surface area contributed by atoms with E-state index < -0.39 is 29.2 Å². The molecular weight excluding hydrogens is 481 g/mol. The molecule has 9 heteroatoms. The minimum absolute atomic E-state index is 0.0122. The second-order valence-electron chi connectivity index (χ2n) is 9.51. The number of hydrogen-bond acceptors (Lipinski definition) is 4. The van der Waals surface area contributed by atoms with Gasteiger partial charge in [-0.3, -0.25) is 9.59 Å². The molecule has 0 bridgehead atoms. The fraction of sp³-hybridized carbons (Fsp3) is 0.259. The van der Waals surface area contributed by atoms with Crippen LogP contribution in [0.15, 0.2) is 72.8 Å². The second-order valence-corrected chi connectivity index (χ2v) is 9.92. The number of halogens is 2. The maximum atomic E-state index is 15.1. The third-order valence-corrected chi connectivity index (χ3v) is 5.95. The van der Waals surface area contributed by atoms with Gasteiger partial charge in [0.05, 0.1) is 5.52 Å². The molecule has 4 rings (SSSR count). The average Bonchev–Trinajstić information content (AvgIpc) is 3.22. The summed E-state index contributed by atoms with van der Waals surface area (Å²) in [5.74, 6) is -1.53. The van der Waals surface area contributed by atoms with Crippen molar-refractivity contribution in [1.29, 1.82) is 0 Å². The molecular formula is C27H27ClFN5O2. The van der Waals surface area contributed by atoms with E-state index in [-0.39, 0.29) is 18.7 Å². The molecule has 1 N–H and O–H groups in total. The molecule has 1 aromatic heterocycles.